The van der Waals surface area contributed by atoms with Gasteiger partial charge in [0.05, 0.1) is 5.69 Å². The summed E-state index contributed by atoms with van der Waals surface area (Å²) in [6.45, 7) is 6.34. The molecule has 3 N–H and O–H groups in total. The summed E-state index contributed by atoms with van der Waals surface area (Å²) in [5, 5.41) is 3.93. The van der Waals surface area contributed by atoms with Crippen molar-refractivity contribution in [1.82, 2.24) is 0 Å². The zero-order valence-corrected chi connectivity index (χ0v) is 12.4. The van der Waals surface area contributed by atoms with E-state index in [0.29, 0.717) is 16.8 Å². The highest BCUT2D eigenvalue weighted by atomic mass is 35.5. The van der Waals surface area contributed by atoms with Crippen molar-refractivity contribution in [2.75, 3.05) is 11.9 Å². The first-order valence-electron chi connectivity index (χ1n) is 5.91. The van der Waals surface area contributed by atoms with Gasteiger partial charge in [0.15, 0.2) is 0 Å². The van der Waals surface area contributed by atoms with Crippen molar-refractivity contribution in [1.29, 1.82) is 0 Å². The van der Waals surface area contributed by atoms with Gasteiger partial charge in [-0.15, -0.1) is 11.8 Å². The first-order valence-corrected chi connectivity index (χ1v) is 7.17. The number of anilines is 1. The Morgan fingerprint density at radius 1 is 1.44 bits per heavy atom. The molecule has 1 amide bonds. The van der Waals surface area contributed by atoms with Crippen LogP contribution in [0.25, 0.3) is 0 Å². The molecule has 0 radical (unpaired) electrons. The maximum atomic E-state index is 11.8. The second-order valence-corrected chi connectivity index (χ2v) is 6.49. The number of amides is 1. The van der Waals surface area contributed by atoms with Crippen molar-refractivity contribution in [3.63, 3.8) is 0 Å². The molecular formula is C13H19ClN2OS. The first kappa shape index (κ1) is 15.3. The minimum Gasteiger partial charge on any atom is -0.330 e. The minimum atomic E-state index is -0.208. The van der Waals surface area contributed by atoms with Crippen LogP contribution in [0, 0.1) is 5.92 Å². The summed E-state index contributed by atoms with van der Waals surface area (Å²) in [5.74, 6) is -0.286. The van der Waals surface area contributed by atoms with Gasteiger partial charge in [-0.25, -0.2) is 0 Å². The average Bonchev–Trinajstić information content (AvgIpc) is 2.31. The van der Waals surface area contributed by atoms with Crippen molar-refractivity contribution in [2.24, 2.45) is 11.7 Å². The normalized spacial score (nSPS) is 12.6. The molecule has 1 atom stereocenters. The van der Waals surface area contributed by atoms with Crippen LogP contribution in [0.3, 0.4) is 0 Å². The molecule has 5 heteroatoms. The van der Waals surface area contributed by atoms with Crippen molar-refractivity contribution < 1.29 is 4.79 Å². The molecule has 0 aliphatic carbocycles. The molecule has 100 valence electrons. The molecule has 0 aliphatic heterocycles. The summed E-state index contributed by atoms with van der Waals surface area (Å²) in [5.41, 5.74) is 6.24. The third-order valence-electron chi connectivity index (χ3n) is 2.36. The molecule has 0 heterocycles. The van der Waals surface area contributed by atoms with Gasteiger partial charge < -0.3 is 11.1 Å². The molecule has 1 unspecified atom stereocenters. The maximum Gasteiger partial charge on any atom is 0.228 e. The highest BCUT2D eigenvalue weighted by molar-refractivity contribution is 8.00. The minimum absolute atomic E-state index is 0.0784. The van der Waals surface area contributed by atoms with Gasteiger partial charge in [-0.2, -0.15) is 0 Å². The summed E-state index contributed by atoms with van der Waals surface area (Å²) in [6, 6.07) is 5.53. The van der Waals surface area contributed by atoms with Crippen LogP contribution in [0.2, 0.25) is 5.02 Å². The Bertz CT molecular complexity index is 423. The van der Waals surface area contributed by atoms with Crippen molar-refractivity contribution in [3.8, 4) is 0 Å². The first-order chi connectivity index (χ1) is 8.43. The Morgan fingerprint density at radius 3 is 2.67 bits per heavy atom. The number of carbonyl (C=O) groups excluding carboxylic acids is 1. The van der Waals surface area contributed by atoms with E-state index < -0.39 is 0 Å². The number of hydrogen-bond donors (Lipinski definition) is 2. The molecule has 18 heavy (non-hydrogen) atoms. The Morgan fingerprint density at radius 2 is 2.11 bits per heavy atom. The smallest absolute Gasteiger partial charge is 0.228 e. The van der Waals surface area contributed by atoms with Gasteiger partial charge in [0.2, 0.25) is 5.91 Å². The summed E-state index contributed by atoms with van der Waals surface area (Å²) < 4.78 is 0. The third-order valence-corrected chi connectivity index (χ3v) is 3.68. The van der Waals surface area contributed by atoms with E-state index in [0.717, 1.165) is 10.6 Å². The lowest BCUT2D eigenvalue weighted by atomic mass is 10.1. The Labute approximate surface area is 117 Å². The highest BCUT2D eigenvalue weighted by Crippen LogP contribution is 2.32. The molecule has 0 bridgehead atoms. The van der Waals surface area contributed by atoms with E-state index in [1.54, 1.807) is 24.8 Å². The van der Waals surface area contributed by atoms with E-state index in [-0.39, 0.29) is 11.8 Å². The second-order valence-electron chi connectivity index (χ2n) is 4.43. The van der Waals surface area contributed by atoms with Crippen LogP contribution in [0.5, 0.6) is 0 Å². The molecule has 0 saturated heterocycles. The number of benzene rings is 1. The van der Waals surface area contributed by atoms with Gasteiger partial charge in [-0.1, -0.05) is 32.4 Å². The Balaban J connectivity index is 2.91. The average molecular weight is 287 g/mol. The molecule has 1 aromatic rings. The lowest BCUT2D eigenvalue weighted by Crippen LogP contribution is -2.26. The summed E-state index contributed by atoms with van der Waals surface area (Å²) >= 11 is 7.66. The predicted octanol–water partition coefficient (Wildman–Crippen LogP) is 3.37. The molecule has 1 rings (SSSR count). The molecule has 0 aromatic heterocycles. The van der Waals surface area contributed by atoms with E-state index >= 15 is 0 Å². The fourth-order valence-electron chi connectivity index (χ4n) is 1.32. The summed E-state index contributed by atoms with van der Waals surface area (Å²) in [6.07, 6.45) is 0. The number of hydrogen-bond acceptors (Lipinski definition) is 3. The van der Waals surface area contributed by atoms with E-state index in [1.807, 2.05) is 12.1 Å². The zero-order chi connectivity index (χ0) is 13.7. The molecule has 3 nitrogen and oxygen atoms in total. The standard InChI is InChI=1S/C13H19ClN2OS/c1-8(2)18-12-5-4-10(14)6-11(12)16-13(17)9(3)7-15/h4-6,8-9H,7,15H2,1-3H3,(H,16,17). The third kappa shape index (κ3) is 4.52. The lowest BCUT2D eigenvalue weighted by molar-refractivity contribution is -0.119. The fraction of sp³-hybridized carbons (Fsp3) is 0.462. The molecule has 0 saturated carbocycles. The van der Waals surface area contributed by atoms with E-state index in [4.69, 9.17) is 17.3 Å². The maximum absolute atomic E-state index is 11.8. The molecular weight excluding hydrogens is 268 g/mol. The zero-order valence-electron chi connectivity index (χ0n) is 10.9. The monoisotopic (exact) mass is 286 g/mol. The molecule has 0 aliphatic rings. The van der Waals surface area contributed by atoms with Crippen LogP contribution in [0.4, 0.5) is 5.69 Å². The molecule has 1 aromatic carbocycles. The van der Waals surface area contributed by atoms with Gasteiger partial charge in [-0.3, -0.25) is 4.79 Å². The quantitative estimate of drug-likeness (QED) is 0.816. The fourth-order valence-corrected chi connectivity index (χ4v) is 2.38. The van der Waals surface area contributed by atoms with Crippen molar-refractivity contribution in [3.05, 3.63) is 23.2 Å². The van der Waals surface area contributed by atoms with Crippen LogP contribution in [-0.2, 0) is 4.79 Å². The van der Waals surface area contributed by atoms with Gasteiger partial charge in [0.25, 0.3) is 0 Å². The van der Waals surface area contributed by atoms with Crippen LogP contribution in [0.15, 0.2) is 23.1 Å². The van der Waals surface area contributed by atoms with Gasteiger partial charge in [0, 0.05) is 27.6 Å². The highest BCUT2D eigenvalue weighted by Gasteiger charge is 2.14. The van der Waals surface area contributed by atoms with Crippen LogP contribution >= 0.6 is 23.4 Å². The van der Waals surface area contributed by atoms with Gasteiger partial charge in [-0.05, 0) is 18.2 Å². The van der Waals surface area contributed by atoms with Crippen LogP contribution < -0.4 is 11.1 Å². The molecule has 0 spiro atoms. The second kappa shape index (κ2) is 7.02. The Kier molecular flexibility index (Phi) is 5.99. The summed E-state index contributed by atoms with van der Waals surface area (Å²) in [4.78, 5) is 12.9. The van der Waals surface area contributed by atoms with E-state index in [2.05, 4.69) is 19.2 Å². The summed E-state index contributed by atoms with van der Waals surface area (Å²) in [7, 11) is 0. The number of carbonyl (C=O) groups is 1. The number of nitrogens with one attached hydrogen (secondary N) is 1. The molecule has 0 fully saturated rings. The van der Waals surface area contributed by atoms with Crippen LogP contribution in [0.1, 0.15) is 20.8 Å². The lowest BCUT2D eigenvalue weighted by Gasteiger charge is -2.15. The van der Waals surface area contributed by atoms with Crippen molar-refractivity contribution >= 4 is 35.0 Å². The topological polar surface area (TPSA) is 55.1 Å². The van der Waals surface area contributed by atoms with Gasteiger partial charge in [0.1, 0.15) is 0 Å². The van der Waals surface area contributed by atoms with E-state index in [9.17, 15) is 4.79 Å². The predicted molar refractivity (Wildman–Crippen MR) is 79.3 cm³/mol. The number of halogens is 1. The van der Waals surface area contributed by atoms with Gasteiger partial charge >= 0.3 is 0 Å². The number of rotatable bonds is 5. The number of nitrogens with two attached hydrogens (primary N) is 1. The largest absolute Gasteiger partial charge is 0.330 e. The Hall–Kier alpha value is -0.710. The van der Waals surface area contributed by atoms with E-state index in [1.165, 1.54) is 0 Å². The van der Waals surface area contributed by atoms with Crippen LogP contribution in [-0.4, -0.2) is 17.7 Å². The number of thioether (sulfide) groups is 1. The SMILES string of the molecule is CC(C)Sc1ccc(Cl)cc1NC(=O)C(C)CN. The van der Waals surface area contributed by atoms with Crippen molar-refractivity contribution in [2.45, 2.75) is 30.9 Å².